The molecule has 4 rings (SSSR count). The van der Waals surface area contributed by atoms with Crippen molar-refractivity contribution in [3.8, 4) is 5.75 Å². The maximum absolute atomic E-state index is 12.8. The van der Waals surface area contributed by atoms with Crippen molar-refractivity contribution in [2.75, 3.05) is 30.0 Å². The summed E-state index contributed by atoms with van der Waals surface area (Å²) in [6.45, 7) is 2.32. The van der Waals surface area contributed by atoms with Gasteiger partial charge in [0, 0.05) is 25.7 Å². The van der Waals surface area contributed by atoms with Crippen molar-refractivity contribution in [1.29, 1.82) is 0 Å². The van der Waals surface area contributed by atoms with Crippen LogP contribution in [0.4, 0.5) is 16.2 Å². The van der Waals surface area contributed by atoms with E-state index in [-0.39, 0.29) is 6.03 Å². The van der Waals surface area contributed by atoms with Crippen molar-refractivity contribution < 1.29 is 9.53 Å². The van der Waals surface area contributed by atoms with Crippen LogP contribution in [0.25, 0.3) is 0 Å². The molecule has 5 heteroatoms. The highest BCUT2D eigenvalue weighted by atomic mass is 16.5. The predicted octanol–water partition coefficient (Wildman–Crippen LogP) is 3.39. The Bertz CT molecular complexity index is 777. The second-order valence-electron chi connectivity index (χ2n) is 6.60. The van der Waals surface area contributed by atoms with Gasteiger partial charge in [-0.25, -0.2) is 4.79 Å². The van der Waals surface area contributed by atoms with E-state index in [1.54, 1.807) is 7.11 Å². The van der Waals surface area contributed by atoms with Gasteiger partial charge in [0.1, 0.15) is 5.75 Å². The lowest BCUT2D eigenvalue weighted by Gasteiger charge is -2.40. The molecule has 0 spiro atoms. The summed E-state index contributed by atoms with van der Waals surface area (Å²) >= 11 is 0. The zero-order chi connectivity index (χ0) is 17.2. The van der Waals surface area contributed by atoms with Gasteiger partial charge >= 0.3 is 6.03 Å². The number of anilines is 2. The van der Waals surface area contributed by atoms with Crippen LogP contribution in [-0.2, 0) is 6.54 Å². The van der Waals surface area contributed by atoms with Gasteiger partial charge in [0.2, 0.25) is 0 Å². The van der Waals surface area contributed by atoms with E-state index in [1.807, 2.05) is 47.4 Å². The molecule has 0 aromatic heterocycles. The van der Waals surface area contributed by atoms with E-state index < -0.39 is 0 Å². The average Bonchev–Trinajstić information content (AvgIpc) is 3.14. The minimum Gasteiger partial charge on any atom is -0.497 e. The molecule has 0 radical (unpaired) electrons. The number of hydrogen-bond donors (Lipinski definition) is 1. The third-order valence-electron chi connectivity index (χ3n) is 5.08. The number of benzene rings is 2. The number of carbonyl (C=O) groups excluding carboxylic acids is 1. The van der Waals surface area contributed by atoms with Crippen LogP contribution in [-0.4, -0.2) is 32.3 Å². The Kier molecular flexibility index (Phi) is 4.22. The molecule has 2 aliphatic heterocycles. The molecule has 25 heavy (non-hydrogen) atoms. The molecular formula is C20H23N3O2. The molecule has 1 atom stereocenters. The van der Waals surface area contributed by atoms with E-state index in [9.17, 15) is 4.79 Å². The molecule has 0 bridgehead atoms. The molecule has 2 heterocycles. The lowest BCUT2D eigenvalue weighted by atomic mass is 10.1. The Morgan fingerprint density at radius 1 is 1.20 bits per heavy atom. The fourth-order valence-corrected chi connectivity index (χ4v) is 3.83. The molecule has 2 aromatic carbocycles. The molecule has 0 aliphatic carbocycles. The zero-order valence-corrected chi connectivity index (χ0v) is 14.4. The third-order valence-corrected chi connectivity index (χ3v) is 5.08. The second-order valence-corrected chi connectivity index (χ2v) is 6.60. The molecule has 1 N–H and O–H groups in total. The van der Waals surface area contributed by atoms with Gasteiger partial charge in [-0.1, -0.05) is 24.3 Å². The highest BCUT2D eigenvalue weighted by Crippen LogP contribution is 2.39. The normalized spacial score (nSPS) is 18.5. The Morgan fingerprint density at radius 2 is 2.04 bits per heavy atom. The quantitative estimate of drug-likeness (QED) is 0.934. The second kappa shape index (κ2) is 6.67. The number of nitrogens with zero attached hydrogens (tertiary/aromatic N) is 2. The van der Waals surface area contributed by atoms with Crippen LogP contribution < -0.4 is 19.9 Å². The molecule has 1 fully saturated rings. The fraction of sp³-hybridized carbons (Fsp3) is 0.350. The first-order valence-corrected chi connectivity index (χ1v) is 8.80. The highest BCUT2D eigenvalue weighted by molar-refractivity contribution is 5.97. The van der Waals surface area contributed by atoms with Crippen LogP contribution in [0.15, 0.2) is 48.5 Å². The van der Waals surface area contributed by atoms with Gasteiger partial charge in [-0.3, -0.25) is 4.90 Å². The maximum atomic E-state index is 12.8. The summed E-state index contributed by atoms with van der Waals surface area (Å²) in [5, 5.41) is 3.05. The van der Waals surface area contributed by atoms with Crippen LogP contribution in [0.1, 0.15) is 18.4 Å². The molecule has 5 nitrogen and oxygen atoms in total. The molecule has 1 saturated heterocycles. The number of ether oxygens (including phenoxy) is 1. The first-order chi connectivity index (χ1) is 12.3. The Balaban J connectivity index is 1.51. The van der Waals surface area contributed by atoms with Crippen LogP contribution in [0.3, 0.4) is 0 Å². The lowest BCUT2D eigenvalue weighted by molar-refractivity contribution is 0.245. The van der Waals surface area contributed by atoms with Crippen molar-refractivity contribution in [3.05, 3.63) is 54.1 Å². The van der Waals surface area contributed by atoms with E-state index >= 15 is 0 Å². The minimum atomic E-state index is -0.0400. The number of fused-ring (bicyclic) bond motifs is 3. The number of methoxy groups -OCH3 is 1. The van der Waals surface area contributed by atoms with Gasteiger partial charge < -0.3 is 15.0 Å². The molecule has 0 saturated carbocycles. The highest BCUT2D eigenvalue weighted by Gasteiger charge is 2.35. The van der Waals surface area contributed by atoms with E-state index in [4.69, 9.17) is 4.74 Å². The zero-order valence-electron chi connectivity index (χ0n) is 14.4. The van der Waals surface area contributed by atoms with Gasteiger partial charge in [0.15, 0.2) is 0 Å². The van der Waals surface area contributed by atoms with Gasteiger partial charge in [0.05, 0.1) is 18.5 Å². The summed E-state index contributed by atoms with van der Waals surface area (Å²) in [6, 6.07) is 16.4. The Morgan fingerprint density at radius 3 is 2.88 bits per heavy atom. The Hall–Kier alpha value is -2.69. The van der Waals surface area contributed by atoms with Crippen molar-refractivity contribution >= 4 is 17.4 Å². The van der Waals surface area contributed by atoms with Gasteiger partial charge in [-0.05, 0) is 42.7 Å². The summed E-state index contributed by atoms with van der Waals surface area (Å²) in [6.07, 6.45) is 2.34. The molecule has 2 aromatic rings. The first-order valence-electron chi connectivity index (χ1n) is 8.80. The van der Waals surface area contributed by atoms with Crippen molar-refractivity contribution in [2.24, 2.45) is 0 Å². The van der Waals surface area contributed by atoms with Gasteiger partial charge in [-0.2, -0.15) is 0 Å². The number of urea groups is 1. The van der Waals surface area contributed by atoms with Crippen LogP contribution in [0.2, 0.25) is 0 Å². The number of amides is 2. The Labute approximate surface area is 148 Å². The SMILES string of the molecule is COc1cccc(CNC(=O)N2C[C@@H]3CCCN3c3ccccc32)c1. The standard InChI is InChI=1S/C20H23N3O2/c1-25-17-8-4-6-15(12-17)13-21-20(24)23-14-16-7-5-11-22(16)18-9-2-3-10-19(18)23/h2-4,6,8-10,12,16H,5,7,11,13-14H2,1H3,(H,21,24)/t16-/m0/s1. The van der Waals surface area contributed by atoms with Gasteiger partial charge in [0.25, 0.3) is 0 Å². The topological polar surface area (TPSA) is 44.8 Å². The smallest absolute Gasteiger partial charge is 0.322 e. The predicted molar refractivity (Wildman–Crippen MR) is 99.4 cm³/mol. The van der Waals surface area contributed by atoms with Crippen molar-refractivity contribution in [3.63, 3.8) is 0 Å². The summed E-state index contributed by atoms with van der Waals surface area (Å²) in [5.41, 5.74) is 3.21. The summed E-state index contributed by atoms with van der Waals surface area (Å²) in [4.78, 5) is 17.2. The summed E-state index contributed by atoms with van der Waals surface area (Å²) in [5.74, 6) is 0.802. The lowest BCUT2D eigenvalue weighted by Crippen LogP contribution is -2.51. The summed E-state index contributed by atoms with van der Waals surface area (Å²) < 4.78 is 5.24. The van der Waals surface area contributed by atoms with E-state index in [0.29, 0.717) is 12.6 Å². The number of carbonyl (C=O) groups is 1. The minimum absolute atomic E-state index is 0.0400. The average molecular weight is 337 g/mol. The fourth-order valence-electron chi connectivity index (χ4n) is 3.83. The molecule has 130 valence electrons. The molecular weight excluding hydrogens is 314 g/mol. The number of rotatable bonds is 3. The maximum Gasteiger partial charge on any atom is 0.322 e. The van der Waals surface area contributed by atoms with Crippen LogP contribution in [0, 0.1) is 0 Å². The van der Waals surface area contributed by atoms with Crippen molar-refractivity contribution in [2.45, 2.75) is 25.4 Å². The summed E-state index contributed by atoms with van der Waals surface area (Å²) in [7, 11) is 1.65. The molecule has 0 unspecified atom stereocenters. The van der Waals surface area contributed by atoms with E-state index in [0.717, 1.165) is 36.5 Å². The van der Waals surface area contributed by atoms with Gasteiger partial charge in [-0.15, -0.1) is 0 Å². The molecule has 2 aliphatic rings. The van der Waals surface area contributed by atoms with Crippen LogP contribution in [0.5, 0.6) is 5.75 Å². The first kappa shape index (κ1) is 15.8. The third kappa shape index (κ3) is 3.02. The van der Waals surface area contributed by atoms with E-state index in [2.05, 4.69) is 16.3 Å². The molecule has 2 amide bonds. The monoisotopic (exact) mass is 337 g/mol. The van der Waals surface area contributed by atoms with Crippen molar-refractivity contribution in [1.82, 2.24) is 5.32 Å². The number of hydrogen-bond acceptors (Lipinski definition) is 3. The van der Waals surface area contributed by atoms with E-state index in [1.165, 1.54) is 12.1 Å². The largest absolute Gasteiger partial charge is 0.497 e. The number of nitrogens with one attached hydrogen (secondary N) is 1. The van der Waals surface area contributed by atoms with Crippen LogP contribution >= 0.6 is 0 Å². The number of para-hydroxylation sites is 2.